The Labute approximate surface area is 85.4 Å². The van der Waals surface area contributed by atoms with Gasteiger partial charge in [0.25, 0.3) is 0 Å². The average molecular weight is 188 g/mol. The minimum absolute atomic E-state index is 0.493. The number of benzene rings is 1. The first-order valence-corrected chi connectivity index (χ1v) is 5.18. The summed E-state index contributed by atoms with van der Waals surface area (Å²) in [6, 6.07) is 6.58. The molecular weight excluding hydrogens is 172 g/mol. The molecule has 0 fully saturated rings. The molecule has 1 aliphatic rings. The Morgan fingerprint density at radius 1 is 1.36 bits per heavy atom. The van der Waals surface area contributed by atoms with Crippen LogP contribution in [0.15, 0.2) is 24.3 Å². The third-order valence-electron chi connectivity index (χ3n) is 2.67. The number of rotatable bonds is 2. The lowest BCUT2D eigenvalue weighted by atomic mass is 10.0. The topological polar surface area (TPSA) is 9.23 Å². The van der Waals surface area contributed by atoms with Gasteiger partial charge in [-0.15, -0.1) is 0 Å². The molecule has 0 amide bonds. The lowest BCUT2D eigenvalue weighted by Gasteiger charge is -2.07. The molecule has 1 aromatic rings. The monoisotopic (exact) mass is 188 g/mol. The van der Waals surface area contributed by atoms with E-state index in [1.807, 2.05) is 6.92 Å². The van der Waals surface area contributed by atoms with E-state index in [2.05, 4.69) is 38.1 Å². The lowest BCUT2D eigenvalue weighted by molar-refractivity contribution is 0.298. The van der Waals surface area contributed by atoms with Crippen molar-refractivity contribution in [3.63, 3.8) is 0 Å². The van der Waals surface area contributed by atoms with Crippen LogP contribution in [0, 0.1) is 6.92 Å². The van der Waals surface area contributed by atoms with Crippen molar-refractivity contribution in [1.29, 1.82) is 0 Å². The van der Waals surface area contributed by atoms with Gasteiger partial charge in [-0.05, 0) is 31.6 Å². The van der Waals surface area contributed by atoms with Crippen LogP contribution in [0.3, 0.4) is 0 Å². The van der Waals surface area contributed by atoms with E-state index in [9.17, 15) is 0 Å². The Balaban J connectivity index is 2.43. The van der Waals surface area contributed by atoms with Crippen molar-refractivity contribution in [2.24, 2.45) is 0 Å². The normalized spacial score (nSPS) is 19.1. The van der Waals surface area contributed by atoms with Gasteiger partial charge in [0.05, 0.1) is 6.61 Å². The summed E-state index contributed by atoms with van der Waals surface area (Å²) >= 11 is 0. The van der Waals surface area contributed by atoms with Gasteiger partial charge in [-0.2, -0.15) is 0 Å². The van der Waals surface area contributed by atoms with Crippen molar-refractivity contribution < 1.29 is 4.74 Å². The summed E-state index contributed by atoms with van der Waals surface area (Å²) in [6.07, 6.45) is 2.20. The molecule has 74 valence electrons. The highest BCUT2D eigenvalue weighted by molar-refractivity contribution is 5.70. The Bertz CT molecular complexity index is 377. The quantitative estimate of drug-likeness (QED) is 0.690. The van der Waals surface area contributed by atoms with Crippen LogP contribution >= 0.6 is 0 Å². The van der Waals surface area contributed by atoms with Gasteiger partial charge in [-0.1, -0.05) is 24.6 Å². The van der Waals surface area contributed by atoms with E-state index in [0.29, 0.717) is 5.92 Å². The first-order valence-electron chi connectivity index (χ1n) is 5.18. The molecule has 0 radical (unpaired) electrons. The number of ether oxygens (including phenoxy) is 1. The number of fused-ring (bicyclic) bond motifs is 1. The van der Waals surface area contributed by atoms with Gasteiger partial charge in [0, 0.05) is 11.5 Å². The predicted molar refractivity (Wildman–Crippen MR) is 59.2 cm³/mol. The van der Waals surface area contributed by atoms with E-state index in [-0.39, 0.29) is 0 Å². The van der Waals surface area contributed by atoms with Gasteiger partial charge in [0.15, 0.2) is 0 Å². The fourth-order valence-electron chi connectivity index (χ4n) is 1.97. The standard InChI is InChI=1S/C13H16O/c1-4-14-13-8-10(3)11-6-5-9(2)7-12(11)13/h5-8,10H,4H2,1-3H3/t10-/m0/s1. The van der Waals surface area contributed by atoms with Crippen LogP contribution in [-0.2, 0) is 4.74 Å². The van der Waals surface area contributed by atoms with Crippen LogP contribution in [0.5, 0.6) is 0 Å². The number of hydrogen-bond donors (Lipinski definition) is 0. The molecule has 0 spiro atoms. The molecular formula is C13H16O. The molecule has 0 saturated carbocycles. The van der Waals surface area contributed by atoms with Gasteiger partial charge < -0.3 is 4.74 Å². The summed E-state index contributed by atoms with van der Waals surface area (Å²) in [7, 11) is 0. The second-order valence-electron chi connectivity index (χ2n) is 3.84. The molecule has 0 unspecified atom stereocenters. The Morgan fingerprint density at radius 3 is 2.86 bits per heavy atom. The van der Waals surface area contributed by atoms with Crippen LogP contribution in [0.1, 0.15) is 36.5 Å². The highest BCUT2D eigenvalue weighted by Crippen LogP contribution is 2.36. The number of allylic oxidation sites excluding steroid dienone is 1. The Morgan fingerprint density at radius 2 is 2.14 bits per heavy atom. The van der Waals surface area contributed by atoms with Gasteiger partial charge >= 0.3 is 0 Å². The third-order valence-corrected chi connectivity index (χ3v) is 2.67. The summed E-state index contributed by atoms with van der Waals surface area (Å²) in [5, 5.41) is 0. The largest absolute Gasteiger partial charge is 0.494 e. The third kappa shape index (κ3) is 1.43. The summed E-state index contributed by atoms with van der Waals surface area (Å²) in [4.78, 5) is 0. The van der Waals surface area contributed by atoms with E-state index < -0.39 is 0 Å². The summed E-state index contributed by atoms with van der Waals surface area (Å²) in [5.41, 5.74) is 3.96. The van der Waals surface area contributed by atoms with Crippen molar-refractivity contribution in [2.45, 2.75) is 26.7 Å². The highest BCUT2D eigenvalue weighted by atomic mass is 16.5. The molecule has 14 heavy (non-hydrogen) atoms. The second kappa shape index (κ2) is 3.49. The van der Waals surface area contributed by atoms with Crippen LogP contribution in [0.25, 0.3) is 5.76 Å². The molecule has 0 aromatic heterocycles. The molecule has 1 aliphatic carbocycles. The number of hydrogen-bond acceptors (Lipinski definition) is 1. The molecule has 0 aliphatic heterocycles. The molecule has 1 heteroatoms. The Hall–Kier alpha value is -1.24. The van der Waals surface area contributed by atoms with Crippen molar-refractivity contribution in [3.05, 3.63) is 41.0 Å². The van der Waals surface area contributed by atoms with Gasteiger partial charge in [-0.25, -0.2) is 0 Å². The second-order valence-corrected chi connectivity index (χ2v) is 3.84. The van der Waals surface area contributed by atoms with Crippen LogP contribution in [0.2, 0.25) is 0 Å². The van der Waals surface area contributed by atoms with Crippen molar-refractivity contribution in [3.8, 4) is 0 Å². The Kier molecular flexibility index (Phi) is 2.32. The maximum absolute atomic E-state index is 5.62. The minimum atomic E-state index is 0.493. The molecule has 0 N–H and O–H groups in total. The highest BCUT2D eigenvalue weighted by Gasteiger charge is 2.20. The molecule has 2 rings (SSSR count). The lowest BCUT2D eigenvalue weighted by Crippen LogP contribution is -1.91. The van der Waals surface area contributed by atoms with E-state index >= 15 is 0 Å². The van der Waals surface area contributed by atoms with Crippen LogP contribution < -0.4 is 0 Å². The molecule has 1 aromatic carbocycles. The maximum atomic E-state index is 5.62. The fourth-order valence-corrected chi connectivity index (χ4v) is 1.97. The molecule has 1 nitrogen and oxygen atoms in total. The maximum Gasteiger partial charge on any atom is 0.123 e. The zero-order valence-corrected chi connectivity index (χ0v) is 9.00. The summed E-state index contributed by atoms with van der Waals surface area (Å²) in [6.45, 7) is 7.10. The fraction of sp³-hybridized carbons (Fsp3) is 0.385. The van der Waals surface area contributed by atoms with Gasteiger partial charge in [0.2, 0.25) is 0 Å². The van der Waals surface area contributed by atoms with Crippen molar-refractivity contribution >= 4 is 5.76 Å². The van der Waals surface area contributed by atoms with Crippen LogP contribution in [0.4, 0.5) is 0 Å². The minimum Gasteiger partial charge on any atom is -0.494 e. The molecule has 0 heterocycles. The first kappa shape index (κ1) is 9.32. The van der Waals surface area contributed by atoms with Gasteiger partial charge in [0.1, 0.15) is 5.76 Å². The average Bonchev–Trinajstić information content (AvgIpc) is 2.44. The zero-order chi connectivity index (χ0) is 10.1. The van der Waals surface area contributed by atoms with E-state index in [0.717, 1.165) is 12.4 Å². The van der Waals surface area contributed by atoms with Gasteiger partial charge in [-0.3, -0.25) is 0 Å². The van der Waals surface area contributed by atoms with E-state index in [4.69, 9.17) is 4.74 Å². The first-order chi connectivity index (χ1) is 6.72. The van der Waals surface area contributed by atoms with E-state index in [1.54, 1.807) is 0 Å². The summed E-state index contributed by atoms with van der Waals surface area (Å²) in [5.74, 6) is 1.55. The van der Waals surface area contributed by atoms with Crippen LogP contribution in [-0.4, -0.2) is 6.61 Å². The van der Waals surface area contributed by atoms with Crippen molar-refractivity contribution in [1.82, 2.24) is 0 Å². The molecule has 1 atom stereocenters. The predicted octanol–water partition coefficient (Wildman–Crippen LogP) is 3.49. The van der Waals surface area contributed by atoms with E-state index in [1.165, 1.54) is 16.7 Å². The molecule has 0 bridgehead atoms. The summed E-state index contributed by atoms with van der Waals surface area (Å²) < 4.78 is 5.62. The zero-order valence-electron chi connectivity index (χ0n) is 9.00. The number of aryl methyl sites for hydroxylation is 1. The van der Waals surface area contributed by atoms with Crippen molar-refractivity contribution in [2.75, 3.05) is 6.61 Å². The smallest absolute Gasteiger partial charge is 0.123 e. The molecule has 0 saturated heterocycles. The SMILES string of the molecule is CCOC1=C[C@H](C)c2ccc(C)cc21.